The molecule has 3 aromatic carbocycles. The molecular formula is C24H28N4O4S. The van der Waals surface area contributed by atoms with Gasteiger partial charge in [0.05, 0.1) is 11.9 Å². The number of nitrogens with one attached hydrogen (secondary N) is 2. The average molecular weight is 469 g/mol. The highest BCUT2D eigenvalue weighted by atomic mass is 32.2. The molecule has 0 radical (unpaired) electrons. The maximum atomic E-state index is 12.6. The fourth-order valence-electron chi connectivity index (χ4n) is 4.02. The smallest absolute Gasteiger partial charge is 0.234 e. The number of sulfonamides is 1. The summed E-state index contributed by atoms with van der Waals surface area (Å²) in [6.45, 7) is 1.83. The van der Waals surface area contributed by atoms with Crippen LogP contribution in [-0.4, -0.2) is 44.8 Å². The molecule has 33 heavy (non-hydrogen) atoms. The molecule has 4 rings (SSSR count). The Balaban J connectivity index is 1.62. The van der Waals surface area contributed by atoms with Crippen LogP contribution in [0, 0.1) is 5.41 Å². The van der Waals surface area contributed by atoms with Gasteiger partial charge >= 0.3 is 0 Å². The number of piperidine rings is 1. The van der Waals surface area contributed by atoms with Crippen LogP contribution in [0.5, 0.6) is 5.75 Å². The Hall–Kier alpha value is -3.14. The zero-order valence-corrected chi connectivity index (χ0v) is 19.2. The van der Waals surface area contributed by atoms with E-state index in [1.165, 1.54) is 0 Å². The van der Waals surface area contributed by atoms with Crippen LogP contribution in [0.3, 0.4) is 0 Å². The van der Waals surface area contributed by atoms with Crippen molar-refractivity contribution in [2.45, 2.75) is 25.2 Å². The third-order valence-corrected chi connectivity index (χ3v) is 6.86. The van der Waals surface area contributed by atoms with Gasteiger partial charge in [0.15, 0.2) is 6.23 Å². The number of nitrogens with zero attached hydrogens (tertiary/aromatic N) is 1. The molecule has 1 fully saturated rings. The topological polar surface area (TPSA) is 129 Å². The zero-order chi connectivity index (χ0) is 23.6. The number of anilines is 1. The number of aliphatic hydroxyl groups is 1. The van der Waals surface area contributed by atoms with Crippen LogP contribution >= 0.6 is 0 Å². The molecule has 0 bridgehead atoms. The number of rotatable bonds is 7. The van der Waals surface area contributed by atoms with Crippen molar-refractivity contribution < 1.29 is 18.3 Å². The van der Waals surface area contributed by atoms with Gasteiger partial charge in [0, 0.05) is 11.1 Å². The van der Waals surface area contributed by atoms with Gasteiger partial charge < -0.3 is 20.9 Å². The minimum absolute atomic E-state index is 0.0626. The van der Waals surface area contributed by atoms with E-state index < -0.39 is 16.3 Å². The van der Waals surface area contributed by atoms with Crippen molar-refractivity contribution in [3.05, 3.63) is 71.8 Å². The van der Waals surface area contributed by atoms with Crippen molar-refractivity contribution in [2.24, 2.45) is 5.73 Å². The Bertz CT molecular complexity index is 1260. The molecule has 0 aliphatic carbocycles. The molecule has 5 N–H and O–H groups in total. The van der Waals surface area contributed by atoms with Crippen LogP contribution in [0.2, 0.25) is 0 Å². The molecule has 0 spiro atoms. The van der Waals surface area contributed by atoms with Crippen molar-refractivity contribution in [2.75, 3.05) is 23.7 Å². The van der Waals surface area contributed by atoms with Gasteiger partial charge in [-0.05, 0) is 73.1 Å². The lowest BCUT2D eigenvalue weighted by Gasteiger charge is -2.29. The molecule has 1 atom stereocenters. The van der Waals surface area contributed by atoms with E-state index in [-0.39, 0.29) is 11.9 Å². The fourth-order valence-corrected chi connectivity index (χ4v) is 5.01. The number of benzene rings is 3. The summed E-state index contributed by atoms with van der Waals surface area (Å²) in [4.78, 5) is 0. The summed E-state index contributed by atoms with van der Waals surface area (Å²) in [5.74, 6) is 0.600. The first-order valence-corrected chi connectivity index (χ1v) is 12.6. The minimum Gasteiger partial charge on any atom is -0.490 e. The summed E-state index contributed by atoms with van der Waals surface area (Å²) >= 11 is 0. The quantitative estimate of drug-likeness (QED) is 0.240. The SMILES string of the molecule is CS(=O)(=O)N(c1ccc(OC2CCNCC2)cc1)C(O)c1ccc2ccc(C(=N)N)cc2c1. The molecule has 174 valence electrons. The molecule has 1 unspecified atom stereocenters. The summed E-state index contributed by atoms with van der Waals surface area (Å²) in [6.07, 6.45) is 1.60. The van der Waals surface area contributed by atoms with Gasteiger partial charge in [-0.15, -0.1) is 0 Å². The van der Waals surface area contributed by atoms with Gasteiger partial charge in [0.25, 0.3) is 0 Å². The van der Waals surface area contributed by atoms with E-state index in [9.17, 15) is 13.5 Å². The standard InChI is InChI=1S/C24H28N4O4S/c1-33(30,31)28(20-6-8-21(9-7-20)32-22-10-12-27-13-11-22)24(29)18-5-3-16-2-4-17(23(25)26)14-19(16)15-18/h2-9,14-15,22,24,27,29H,10-13H2,1H3,(H3,25,26). The van der Waals surface area contributed by atoms with Gasteiger partial charge in [0.2, 0.25) is 10.0 Å². The monoisotopic (exact) mass is 468 g/mol. The second-order valence-electron chi connectivity index (χ2n) is 8.23. The number of aliphatic hydroxyl groups excluding tert-OH is 1. The van der Waals surface area contributed by atoms with Crippen LogP contribution in [0.4, 0.5) is 5.69 Å². The van der Waals surface area contributed by atoms with Crippen LogP contribution in [0.15, 0.2) is 60.7 Å². The molecule has 1 aliphatic heterocycles. The van der Waals surface area contributed by atoms with E-state index in [0.29, 0.717) is 22.6 Å². The molecule has 1 aliphatic rings. The second-order valence-corrected chi connectivity index (χ2v) is 10.1. The highest BCUT2D eigenvalue weighted by Gasteiger charge is 2.27. The third-order valence-electron chi connectivity index (χ3n) is 5.73. The lowest BCUT2D eigenvalue weighted by Crippen LogP contribution is -2.34. The fraction of sp³-hybridized carbons (Fsp3) is 0.292. The molecular weight excluding hydrogens is 440 g/mol. The third kappa shape index (κ3) is 5.27. The van der Waals surface area contributed by atoms with Gasteiger partial charge in [-0.1, -0.05) is 24.3 Å². The summed E-state index contributed by atoms with van der Waals surface area (Å²) in [5, 5.41) is 23.6. The first-order valence-electron chi connectivity index (χ1n) is 10.8. The molecule has 9 heteroatoms. The Labute approximate surface area is 193 Å². The van der Waals surface area contributed by atoms with E-state index in [2.05, 4.69) is 5.32 Å². The molecule has 1 saturated heterocycles. The minimum atomic E-state index is -3.80. The van der Waals surface area contributed by atoms with Crippen molar-refractivity contribution in [3.63, 3.8) is 0 Å². The largest absolute Gasteiger partial charge is 0.490 e. The van der Waals surface area contributed by atoms with Crippen molar-refractivity contribution in [1.29, 1.82) is 5.41 Å². The Morgan fingerprint density at radius 1 is 1.09 bits per heavy atom. The Kier molecular flexibility index (Phi) is 6.55. The van der Waals surface area contributed by atoms with Crippen LogP contribution in [0.1, 0.15) is 30.2 Å². The van der Waals surface area contributed by atoms with Crippen LogP contribution < -0.4 is 20.1 Å². The molecule has 8 nitrogen and oxygen atoms in total. The molecule has 3 aromatic rings. The predicted octanol–water partition coefficient (Wildman–Crippen LogP) is 2.71. The summed E-state index contributed by atoms with van der Waals surface area (Å²) in [6, 6.07) is 17.2. The van der Waals surface area contributed by atoms with E-state index >= 15 is 0 Å². The zero-order valence-electron chi connectivity index (χ0n) is 18.4. The predicted molar refractivity (Wildman–Crippen MR) is 130 cm³/mol. The number of hydrogen-bond acceptors (Lipinski definition) is 6. The highest BCUT2D eigenvalue weighted by Crippen LogP contribution is 2.31. The summed E-state index contributed by atoms with van der Waals surface area (Å²) < 4.78 is 32.3. The number of fused-ring (bicyclic) bond motifs is 1. The first-order chi connectivity index (χ1) is 15.7. The van der Waals surface area contributed by atoms with Crippen LogP contribution in [-0.2, 0) is 10.0 Å². The second kappa shape index (κ2) is 9.38. The van der Waals surface area contributed by atoms with E-state index in [4.69, 9.17) is 15.9 Å². The van der Waals surface area contributed by atoms with Gasteiger partial charge in [-0.3, -0.25) is 5.41 Å². The maximum Gasteiger partial charge on any atom is 0.234 e. The van der Waals surface area contributed by atoms with E-state index in [0.717, 1.165) is 47.3 Å². The molecule has 0 aromatic heterocycles. The summed E-state index contributed by atoms with van der Waals surface area (Å²) in [5.41, 5.74) is 6.88. The van der Waals surface area contributed by atoms with E-state index in [1.54, 1.807) is 54.6 Å². The lowest BCUT2D eigenvalue weighted by atomic mass is 10.0. The molecule has 1 heterocycles. The van der Waals surface area contributed by atoms with Gasteiger partial charge in [0.1, 0.15) is 17.7 Å². The van der Waals surface area contributed by atoms with Gasteiger partial charge in [-0.25, -0.2) is 12.7 Å². The number of hydrogen-bond donors (Lipinski definition) is 4. The Morgan fingerprint density at radius 3 is 2.39 bits per heavy atom. The number of nitrogens with two attached hydrogens (primary N) is 1. The number of amidine groups is 1. The van der Waals surface area contributed by atoms with Crippen molar-refractivity contribution in [3.8, 4) is 5.75 Å². The van der Waals surface area contributed by atoms with Crippen LogP contribution in [0.25, 0.3) is 10.8 Å². The Morgan fingerprint density at radius 2 is 1.76 bits per heavy atom. The normalized spacial score (nSPS) is 15.8. The number of ether oxygens (including phenoxy) is 1. The van der Waals surface area contributed by atoms with Crippen molar-refractivity contribution >= 4 is 32.3 Å². The lowest BCUT2D eigenvalue weighted by molar-refractivity contribution is 0.162. The first kappa shape index (κ1) is 23.0. The highest BCUT2D eigenvalue weighted by molar-refractivity contribution is 7.92. The summed E-state index contributed by atoms with van der Waals surface area (Å²) in [7, 11) is -3.80. The van der Waals surface area contributed by atoms with Gasteiger partial charge in [-0.2, -0.15) is 0 Å². The number of nitrogen functional groups attached to an aromatic ring is 1. The maximum absolute atomic E-state index is 12.6. The van der Waals surface area contributed by atoms with Crippen molar-refractivity contribution in [1.82, 2.24) is 5.32 Å². The average Bonchev–Trinajstić information content (AvgIpc) is 2.79. The van der Waals surface area contributed by atoms with E-state index in [1.807, 2.05) is 6.07 Å². The molecule has 0 saturated carbocycles. The molecule has 0 amide bonds.